The second kappa shape index (κ2) is 21.1. The molecule has 344 valence electrons. The first-order valence-corrected chi connectivity index (χ1v) is 22.6. The van der Waals surface area contributed by atoms with Crippen molar-refractivity contribution in [1.82, 2.24) is 4.90 Å². The van der Waals surface area contributed by atoms with Crippen molar-refractivity contribution in [1.29, 1.82) is 0 Å². The number of benzene rings is 3. The summed E-state index contributed by atoms with van der Waals surface area (Å²) in [5.41, 5.74) is 2.99. The predicted molar refractivity (Wildman–Crippen MR) is 241 cm³/mol. The molecule has 0 spiro atoms. The fraction of sp³-hybridized carbons (Fsp3) is 0.490. The van der Waals surface area contributed by atoms with Crippen LogP contribution < -0.4 is 18.9 Å². The number of aliphatic hydroxyl groups is 2. The smallest absolute Gasteiger partial charge is 0.410 e. The number of halogens is 1. The van der Waals surface area contributed by atoms with Gasteiger partial charge < -0.3 is 43.5 Å². The Morgan fingerprint density at radius 1 is 0.969 bits per heavy atom. The molecule has 2 heterocycles. The van der Waals surface area contributed by atoms with Crippen molar-refractivity contribution in [3.8, 4) is 23.0 Å². The number of carbonyl (C=O) groups is 1. The number of rotatable bonds is 21. The minimum atomic E-state index is -1.52. The van der Waals surface area contributed by atoms with Gasteiger partial charge in [0.1, 0.15) is 35.6 Å². The van der Waals surface area contributed by atoms with E-state index in [9.17, 15) is 19.4 Å². The lowest BCUT2D eigenvalue weighted by molar-refractivity contribution is -0.256. The predicted octanol–water partition coefficient (Wildman–Crippen LogP) is 9.78. The van der Waals surface area contributed by atoms with Gasteiger partial charge in [0.15, 0.2) is 11.5 Å². The molecular formula is C51H63FN2O10. The van der Waals surface area contributed by atoms with Gasteiger partial charge in [-0.2, -0.15) is 0 Å². The molecule has 0 unspecified atom stereocenters. The van der Waals surface area contributed by atoms with Gasteiger partial charge >= 0.3 is 6.09 Å². The molecule has 2 N–H and O–H groups in total. The molecule has 7 rings (SSSR count). The van der Waals surface area contributed by atoms with Gasteiger partial charge in [0.2, 0.25) is 12.6 Å². The van der Waals surface area contributed by atoms with Gasteiger partial charge in [0.05, 0.1) is 24.8 Å². The number of hydrogen-bond donors (Lipinski definition) is 2. The van der Waals surface area contributed by atoms with Gasteiger partial charge in [-0.15, -0.1) is 13.2 Å². The summed E-state index contributed by atoms with van der Waals surface area (Å²) in [5.74, 6) is -0.421. The number of ether oxygens (including phenoxy) is 6. The topological polar surface area (TPSA) is 138 Å². The van der Waals surface area contributed by atoms with E-state index in [-0.39, 0.29) is 76.4 Å². The first kappa shape index (κ1) is 46.6. The molecular weight excluding hydrogens is 820 g/mol. The van der Waals surface area contributed by atoms with Crippen molar-refractivity contribution in [2.45, 2.75) is 109 Å². The van der Waals surface area contributed by atoms with Crippen LogP contribution in [0.4, 0.5) is 9.18 Å². The van der Waals surface area contributed by atoms with Gasteiger partial charge in [0.25, 0.3) is 0 Å². The van der Waals surface area contributed by atoms with E-state index in [0.717, 1.165) is 42.4 Å². The molecule has 2 aliphatic heterocycles. The molecule has 1 fully saturated rings. The van der Waals surface area contributed by atoms with Crippen LogP contribution in [-0.4, -0.2) is 77.6 Å². The molecule has 1 amide bonds. The molecule has 0 aromatic heterocycles. The van der Waals surface area contributed by atoms with Crippen LogP contribution in [0.1, 0.15) is 94.7 Å². The average molecular weight is 883 g/mol. The van der Waals surface area contributed by atoms with Crippen molar-refractivity contribution < 1.29 is 52.7 Å². The zero-order valence-corrected chi connectivity index (χ0v) is 37.3. The van der Waals surface area contributed by atoms with E-state index >= 15 is 0 Å². The van der Waals surface area contributed by atoms with Crippen molar-refractivity contribution in [3.63, 3.8) is 0 Å². The van der Waals surface area contributed by atoms with Crippen LogP contribution in [0, 0.1) is 23.6 Å². The van der Waals surface area contributed by atoms with Gasteiger partial charge in [-0.3, -0.25) is 4.90 Å². The van der Waals surface area contributed by atoms with Crippen molar-refractivity contribution in [2.24, 2.45) is 22.9 Å². The third kappa shape index (κ3) is 10.4. The summed E-state index contributed by atoms with van der Waals surface area (Å²) >= 11 is 0. The molecule has 4 aliphatic rings. The lowest BCUT2D eigenvalue weighted by Crippen LogP contribution is -2.70. The van der Waals surface area contributed by atoms with Gasteiger partial charge in [-0.1, -0.05) is 60.5 Å². The van der Waals surface area contributed by atoms with E-state index < -0.39 is 29.4 Å². The Balaban J connectivity index is 1.44. The monoisotopic (exact) mass is 882 g/mol. The van der Waals surface area contributed by atoms with E-state index in [2.05, 4.69) is 19.2 Å². The highest BCUT2D eigenvalue weighted by Gasteiger charge is 2.66. The molecule has 2 aliphatic carbocycles. The maximum Gasteiger partial charge on any atom is 0.410 e. The van der Waals surface area contributed by atoms with Crippen molar-refractivity contribution >= 4 is 11.8 Å². The third-order valence-electron chi connectivity index (χ3n) is 12.4. The van der Waals surface area contributed by atoms with Gasteiger partial charge in [0, 0.05) is 43.2 Å². The zero-order valence-electron chi connectivity index (χ0n) is 37.3. The standard InChI is InChI=1S/C51H63FN2O10/c1-6-8-26-58-49(57)54(31-34-19-21-44-45(27-34)61-33-60-44)46-30-42(53-64-50(3,4)5)39-28-35(15-11-13-23-55)38(17-12-14-24-56)47-40-29-37(59-32-36-16-9-10-18-41(36)52)20-22-43(40)63-51(46,48(39)47)62-25-7-2/h6-7,9-10,16,18-22,27-29,35,38,46-48,55-56H,1-2,8,11-15,17,23-26,30-33H2,3-5H3/t35-,38+,46-,47+,48+,51+/m0/s1. The first-order valence-electron chi connectivity index (χ1n) is 22.6. The summed E-state index contributed by atoms with van der Waals surface area (Å²) in [6.07, 6.45) is 10.1. The second-order valence-electron chi connectivity index (χ2n) is 17.9. The molecule has 0 radical (unpaired) electrons. The summed E-state index contributed by atoms with van der Waals surface area (Å²) in [5, 5.41) is 24.9. The van der Waals surface area contributed by atoms with Crippen molar-refractivity contribution in [2.75, 3.05) is 33.2 Å². The van der Waals surface area contributed by atoms with Crippen LogP contribution >= 0.6 is 0 Å². The molecule has 1 saturated carbocycles. The molecule has 0 bridgehead atoms. The number of unbranched alkanes of at least 4 members (excludes halogenated alkanes) is 2. The first-order chi connectivity index (χ1) is 31.0. The highest BCUT2D eigenvalue weighted by atomic mass is 19.1. The Morgan fingerprint density at radius 2 is 1.73 bits per heavy atom. The number of nitrogens with zero attached hydrogens (tertiary/aromatic N) is 2. The molecule has 64 heavy (non-hydrogen) atoms. The van der Waals surface area contributed by atoms with Crippen LogP contribution in [0.5, 0.6) is 23.0 Å². The third-order valence-corrected chi connectivity index (χ3v) is 12.4. The SMILES string of the molecule is C=CCCOC(=O)N(Cc1ccc2c(c1)OCO2)[C@H]1CC(=NOC(C)(C)C)C2=C[C@H](CCCCO)[C@@H](CCCCO)[C@@H]3c4cc(OCc5ccccc5F)ccc4O[C@@]1(OCC=C)[C@H]23. The van der Waals surface area contributed by atoms with Crippen LogP contribution in [0.15, 0.2) is 103 Å². The fourth-order valence-corrected chi connectivity index (χ4v) is 9.56. The molecule has 3 aromatic rings. The maximum atomic E-state index is 14.8. The Labute approximate surface area is 376 Å². The molecule has 6 atom stereocenters. The number of hydrogen-bond acceptors (Lipinski definition) is 11. The maximum absolute atomic E-state index is 14.8. The minimum Gasteiger partial charge on any atom is -0.489 e. The van der Waals surface area contributed by atoms with Crippen molar-refractivity contribution in [3.05, 3.63) is 120 Å². The van der Waals surface area contributed by atoms with Gasteiger partial charge in [-0.25, -0.2) is 9.18 Å². The number of amides is 1. The summed E-state index contributed by atoms with van der Waals surface area (Å²) < 4.78 is 53.0. The van der Waals surface area contributed by atoms with Crippen LogP contribution in [0.3, 0.4) is 0 Å². The number of aliphatic hydroxyl groups excluding tert-OH is 2. The minimum absolute atomic E-state index is 0.0134. The molecule has 12 nitrogen and oxygen atoms in total. The average Bonchev–Trinajstić information content (AvgIpc) is 3.76. The molecule has 13 heteroatoms. The largest absolute Gasteiger partial charge is 0.489 e. The summed E-state index contributed by atoms with van der Waals surface area (Å²) in [6, 6.07) is 17.0. The lowest BCUT2D eigenvalue weighted by Gasteiger charge is -2.60. The summed E-state index contributed by atoms with van der Waals surface area (Å²) in [7, 11) is 0. The van der Waals surface area contributed by atoms with E-state index in [4.69, 9.17) is 38.4 Å². The quantitative estimate of drug-likeness (QED) is 0.0605. The fourth-order valence-electron chi connectivity index (χ4n) is 9.56. The Bertz CT molecular complexity index is 2170. The van der Waals surface area contributed by atoms with Crippen LogP contribution in [0.2, 0.25) is 0 Å². The number of fused-ring (bicyclic) bond motifs is 3. The Hall–Kier alpha value is -5.37. The lowest BCUT2D eigenvalue weighted by atomic mass is 9.55. The van der Waals surface area contributed by atoms with Gasteiger partial charge in [-0.05, 0) is 112 Å². The highest BCUT2D eigenvalue weighted by Crippen LogP contribution is 2.62. The summed E-state index contributed by atoms with van der Waals surface area (Å²) in [6.45, 7) is 14.2. The van der Waals surface area contributed by atoms with E-state index in [1.165, 1.54) is 6.07 Å². The number of oxime groups is 1. The normalized spacial score (nSPS) is 23.6. The van der Waals surface area contributed by atoms with E-state index in [0.29, 0.717) is 53.5 Å². The zero-order chi connectivity index (χ0) is 45.3. The summed E-state index contributed by atoms with van der Waals surface area (Å²) in [4.78, 5) is 22.7. The van der Waals surface area contributed by atoms with Crippen LogP contribution in [0.25, 0.3) is 0 Å². The van der Waals surface area contributed by atoms with Crippen LogP contribution in [-0.2, 0) is 27.5 Å². The van der Waals surface area contributed by atoms with E-state index in [1.807, 2.05) is 57.2 Å². The Kier molecular flexibility index (Phi) is 15.4. The van der Waals surface area contributed by atoms with E-state index in [1.54, 1.807) is 35.3 Å². The number of allylic oxidation sites excluding steroid dienone is 1. The second-order valence-corrected chi connectivity index (χ2v) is 17.9. The highest BCUT2D eigenvalue weighted by molar-refractivity contribution is 6.03. The molecule has 0 saturated heterocycles. The molecule has 3 aromatic carbocycles. The number of carbonyl (C=O) groups excluding carboxylic acids is 1. The Morgan fingerprint density at radius 3 is 2.48 bits per heavy atom.